The molecule has 3 nitrogen and oxygen atoms in total. The van der Waals surface area contributed by atoms with Crippen LogP contribution in [0.4, 0.5) is 0 Å². The van der Waals surface area contributed by atoms with Crippen molar-refractivity contribution in [1.82, 2.24) is 9.55 Å². The summed E-state index contributed by atoms with van der Waals surface area (Å²) in [5, 5.41) is 1.30. The fourth-order valence-corrected chi connectivity index (χ4v) is 3.73. The maximum atomic E-state index is 6.40. The van der Waals surface area contributed by atoms with E-state index in [4.69, 9.17) is 27.9 Å². The minimum Gasteiger partial charge on any atom is -0.371 e. The highest BCUT2D eigenvalue weighted by molar-refractivity contribution is 6.35. The number of nitrogens with zero attached hydrogens (tertiary/aromatic N) is 2. The highest BCUT2D eigenvalue weighted by Crippen LogP contribution is 2.31. The van der Waals surface area contributed by atoms with Crippen LogP contribution in [0.15, 0.2) is 36.9 Å². The molecule has 1 heterocycles. The molecule has 1 atom stereocenters. The van der Waals surface area contributed by atoms with Crippen molar-refractivity contribution in [1.29, 1.82) is 0 Å². The van der Waals surface area contributed by atoms with E-state index in [2.05, 4.69) is 4.98 Å². The molecule has 1 unspecified atom stereocenters. The summed E-state index contributed by atoms with van der Waals surface area (Å²) < 4.78 is 8.31. The normalized spacial score (nSPS) is 17.3. The van der Waals surface area contributed by atoms with Crippen LogP contribution < -0.4 is 0 Å². The Balaban J connectivity index is 1.72. The van der Waals surface area contributed by atoms with E-state index >= 15 is 0 Å². The second-order valence-corrected chi connectivity index (χ2v) is 7.09. The molecule has 1 aliphatic carbocycles. The zero-order valence-corrected chi connectivity index (χ0v) is 14.6. The summed E-state index contributed by atoms with van der Waals surface area (Å²) in [6, 6.07) is 5.62. The molecular formula is C18H22Cl2N2O. The van der Waals surface area contributed by atoms with E-state index in [1.54, 1.807) is 18.6 Å². The Morgan fingerprint density at radius 2 is 2.04 bits per heavy atom. The molecule has 5 heteroatoms. The van der Waals surface area contributed by atoms with Gasteiger partial charge < -0.3 is 9.30 Å². The second kappa shape index (κ2) is 8.18. The number of aromatic nitrogens is 2. The molecule has 1 aliphatic rings. The average Bonchev–Trinajstić information content (AvgIpc) is 3.06. The molecule has 0 saturated heterocycles. The van der Waals surface area contributed by atoms with Crippen molar-refractivity contribution in [3.8, 4) is 0 Å². The standard InChI is InChI=1S/C18H22Cl2N2O/c19-15-6-7-16(17(20)10-15)18(11-22-9-8-21-13-22)23-12-14-4-2-1-3-5-14/h6-10,13-14,18H,1-5,11-12H2. The first-order chi connectivity index (χ1) is 11.2. The summed E-state index contributed by atoms with van der Waals surface area (Å²) in [4.78, 5) is 4.11. The Bertz CT molecular complexity index is 609. The Kier molecular flexibility index (Phi) is 5.98. The average molecular weight is 353 g/mol. The lowest BCUT2D eigenvalue weighted by Crippen LogP contribution is -2.19. The van der Waals surface area contributed by atoms with E-state index < -0.39 is 0 Å². The van der Waals surface area contributed by atoms with E-state index in [1.807, 2.05) is 22.9 Å². The molecule has 0 radical (unpaired) electrons. The number of ether oxygens (including phenoxy) is 1. The van der Waals surface area contributed by atoms with Crippen molar-refractivity contribution in [2.45, 2.75) is 44.8 Å². The molecule has 1 saturated carbocycles. The third kappa shape index (κ3) is 4.72. The third-order valence-corrected chi connectivity index (χ3v) is 5.07. The second-order valence-electron chi connectivity index (χ2n) is 6.25. The van der Waals surface area contributed by atoms with Crippen molar-refractivity contribution < 1.29 is 4.74 Å². The number of halogens is 2. The Morgan fingerprint density at radius 1 is 1.22 bits per heavy atom. The topological polar surface area (TPSA) is 27.1 Å². The molecule has 0 bridgehead atoms. The van der Waals surface area contributed by atoms with Crippen LogP contribution in [0.25, 0.3) is 0 Å². The van der Waals surface area contributed by atoms with Gasteiger partial charge in [-0.3, -0.25) is 0 Å². The Labute approximate surface area is 147 Å². The molecule has 1 aromatic heterocycles. The summed E-state index contributed by atoms with van der Waals surface area (Å²) in [7, 11) is 0. The van der Waals surface area contributed by atoms with Crippen LogP contribution in [0.3, 0.4) is 0 Å². The Hall–Kier alpha value is -1.03. The summed E-state index contributed by atoms with van der Waals surface area (Å²) in [5.41, 5.74) is 0.987. The molecule has 1 fully saturated rings. The van der Waals surface area contributed by atoms with Crippen molar-refractivity contribution in [3.63, 3.8) is 0 Å². The fraction of sp³-hybridized carbons (Fsp3) is 0.500. The van der Waals surface area contributed by atoms with Crippen molar-refractivity contribution >= 4 is 23.2 Å². The molecule has 0 N–H and O–H groups in total. The van der Waals surface area contributed by atoms with Gasteiger partial charge >= 0.3 is 0 Å². The minimum atomic E-state index is -0.0871. The maximum Gasteiger partial charge on any atom is 0.102 e. The van der Waals surface area contributed by atoms with Crippen molar-refractivity contribution in [2.24, 2.45) is 5.92 Å². The number of imidazole rings is 1. The van der Waals surface area contributed by atoms with E-state index in [-0.39, 0.29) is 6.10 Å². The molecule has 0 aliphatic heterocycles. The smallest absolute Gasteiger partial charge is 0.102 e. The van der Waals surface area contributed by atoms with Gasteiger partial charge in [-0.25, -0.2) is 4.98 Å². The first-order valence-corrected chi connectivity index (χ1v) is 9.00. The zero-order valence-electron chi connectivity index (χ0n) is 13.1. The van der Waals surface area contributed by atoms with Crippen LogP contribution in [0, 0.1) is 5.92 Å². The lowest BCUT2D eigenvalue weighted by Gasteiger charge is -2.26. The van der Waals surface area contributed by atoms with E-state index in [1.165, 1.54) is 32.1 Å². The van der Waals surface area contributed by atoms with Crippen LogP contribution in [0.5, 0.6) is 0 Å². The van der Waals surface area contributed by atoms with Crippen LogP contribution >= 0.6 is 23.2 Å². The third-order valence-electron chi connectivity index (χ3n) is 4.50. The number of hydrogen-bond acceptors (Lipinski definition) is 2. The predicted octanol–water partition coefficient (Wildman–Crippen LogP) is 5.53. The summed E-state index contributed by atoms with van der Waals surface area (Å²) >= 11 is 12.4. The SMILES string of the molecule is Clc1ccc(C(Cn2ccnc2)OCC2CCCCC2)c(Cl)c1. The minimum absolute atomic E-state index is 0.0871. The Morgan fingerprint density at radius 3 is 2.74 bits per heavy atom. The van der Waals surface area contributed by atoms with E-state index in [0.717, 1.165) is 12.2 Å². The fourth-order valence-electron chi connectivity index (χ4n) is 3.20. The largest absolute Gasteiger partial charge is 0.371 e. The predicted molar refractivity (Wildman–Crippen MR) is 94.0 cm³/mol. The van der Waals surface area contributed by atoms with Gasteiger partial charge in [0, 0.05) is 28.0 Å². The molecule has 1 aromatic carbocycles. The van der Waals surface area contributed by atoms with E-state index in [0.29, 0.717) is 22.5 Å². The molecular weight excluding hydrogens is 331 g/mol. The lowest BCUT2D eigenvalue weighted by atomic mass is 9.90. The van der Waals surface area contributed by atoms with Crippen LogP contribution in [0.1, 0.15) is 43.8 Å². The van der Waals surface area contributed by atoms with E-state index in [9.17, 15) is 0 Å². The van der Waals surface area contributed by atoms with Gasteiger partial charge in [-0.1, -0.05) is 48.5 Å². The molecule has 0 spiro atoms. The van der Waals surface area contributed by atoms with Gasteiger partial charge in [-0.05, 0) is 30.9 Å². The monoisotopic (exact) mass is 352 g/mol. The molecule has 124 valence electrons. The lowest BCUT2D eigenvalue weighted by molar-refractivity contribution is 0.0100. The van der Waals surface area contributed by atoms with Gasteiger partial charge in [0.25, 0.3) is 0 Å². The molecule has 2 aromatic rings. The van der Waals surface area contributed by atoms with Gasteiger partial charge in [0.05, 0.1) is 19.5 Å². The van der Waals surface area contributed by atoms with Gasteiger partial charge in [0.15, 0.2) is 0 Å². The number of hydrogen-bond donors (Lipinski definition) is 0. The van der Waals surface area contributed by atoms with Gasteiger partial charge in [0.2, 0.25) is 0 Å². The summed E-state index contributed by atoms with van der Waals surface area (Å²) in [5.74, 6) is 0.667. The summed E-state index contributed by atoms with van der Waals surface area (Å²) in [6.07, 6.45) is 12.0. The molecule has 0 amide bonds. The van der Waals surface area contributed by atoms with Crippen molar-refractivity contribution in [3.05, 3.63) is 52.5 Å². The van der Waals surface area contributed by atoms with Gasteiger partial charge in [-0.2, -0.15) is 0 Å². The summed E-state index contributed by atoms with van der Waals surface area (Å²) in [6.45, 7) is 1.49. The van der Waals surface area contributed by atoms with Gasteiger partial charge in [-0.15, -0.1) is 0 Å². The first-order valence-electron chi connectivity index (χ1n) is 8.24. The van der Waals surface area contributed by atoms with Crippen molar-refractivity contribution in [2.75, 3.05) is 6.61 Å². The highest BCUT2D eigenvalue weighted by Gasteiger charge is 2.20. The maximum absolute atomic E-state index is 6.40. The molecule has 3 rings (SSSR count). The highest BCUT2D eigenvalue weighted by atomic mass is 35.5. The first kappa shape index (κ1) is 16.8. The van der Waals surface area contributed by atoms with Crippen LogP contribution in [-0.2, 0) is 11.3 Å². The van der Waals surface area contributed by atoms with Crippen LogP contribution in [0.2, 0.25) is 10.0 Å². The molecule has 23 heavy (non-hydrogen) atoms. The van der Waals surface area contributed by atoms with Gasteiger partial charge in [0.1, 0.15) is 6.10 Å². The quantitative estimate of drug-likeness (QED) is 0.683. The van der Waals surface area contributed by atoms with Crippen LogP contribution in [-0.4, -0.2) is 16.2 Å². The number of benzene rings is 1. The number of rotatable bonds is 6. The zero-order chi connectivity index (χ0) is 16.1.